The lowest BCUT2D eigenvalue weighted by atomic mass is 9.76. The van der Waals surface area contributed by atoms with Crippen LogP contribution in [0.1, 0.15) is 111 Å². The number of carbonyl (C=O) groups excluding carboxylic acids is 2. The van der Waals surface area contributed by atoms with Gasteiger partial charge in [-0.25, -0.2) is 0 Å². The normalized spacial score (nSPS) is 27.8. The Morgan fingerprint density at radius 2 is 1.48 bits per heavy atom. The first-order valence-corrected chi connectivity index (χ1v) is 12.4. The second-order valence-electron chi connectivity index (χ2n) is 10.2. The molecule has 0 spiro atoms. The van der Waals surface area contributed by atoms with E-state index in [0.717, 1.165) is 25.8 Å². The molecule has 2 rings (SSSR count). The molecule has 0 aromatic heterocycles. The highest BCUT2D eigenvalue weighted by Crippen LogP contribution is 2.38. The van der Waals surface area contributed by atoms with Gasteiger partial charge in [-0.15, -0.1) is 0 Å². The standard InChI is InChI=1S/C25H46N2O2/c1-6-7-8-9-10-11-12-13-14-15-16-21-19-23(28)27(24(21)29)22-17-18-26(5)25(3,4)20(22)2/h20-22H,6-19H2,1-5H3. The maximum Gasteiger partial charge on any atom is 0.233 e. The van der Waals surface area contributed by atoms with E-state index in [1.165, 1.54) is 57.8 Å². The van der Waals surface area contributed by atoms with Crippen LogP contribution >= 0.6 is 0 Å². The van der Waals surface area contributed by atoms with Crippen molar-refractivity contribution in [3.05, 3.63) is 0 Å². The molecule has 3 atom stereocenters. The molecule has 2 heterocycles. The molecule has 0 N–H and O–H groups in total. The third kappa shape index (κ3) is 6.29. The van der Waals surface area contributed by atoms with Gasteiger partial charge in [0.2, 0.25) is 11.8 Å². The SMILES string of the molecule is CCCCCCCCCCCCC1CC(=O)N(C2CCN(C)C(C)(C)C2C)C1=O. The second kappa shape index (κ2) is 11.5. The molecule has 0 saturated carbocycles. The van der Waals surface area contributed by atoms with Gasteiger partial charge in [-0.1, -0.05) is 78.1 Å². The van der Waals surface area contributed by atoms with Crippen molar-refractivity contribution in [2.24, 2.45) is 11.8 Å². The van der Waals surface area contributed by atoms with Gasteiger partial charge in [0, 0.05) is 30.5 Å². The zero-order valence-electron chi connectivity index (χ0n) is 19.8. The number of piperidine rings is 1. The molecule has 0 radical (unpaired) electrons. The summed E-state index contributed by atoms with van der Waals surface area (Å²) in [7, 11) is 2.15. The molecule has 0 bridgehead atoms. The Hall–Kier alpha value is -0.900. The summed E-state index contributed by atoms with van der Waals surface area (Å²) in [5.74, 6) is 0.421. The Balaban J connectivity index is 1.70. The van der Waals surface area contributed by atoms with E-state index >= 15 is 0 Å². The molecule has 0 aromatic rings. The van der Waals surface area contributed by atoms with E-state index in [9.17, 15) is 9.59 Å². The first kappa shape index (κ1) is 24.4. The quantitative estimate of drug-likeness (QED) is 0.304. The fourth-order valence-corrected chi connectivity index (χ4v) is 5.20. The summed E-state index contributed by atoms with van der Waals surface area (Å²) in [6.45, 7) is 9.88. The van der Waals surface area contributed by atoms with Crippen LogP contribution < -0.4 is 0 Å². The van der Waals surface area contributed by atoms with Crippen molar-refractivity contribution in [3.8, 4) is 0 Å². The molecule has 2 aliphatic heterocycles. The summed E-state index contributed by atoms with van der Waals surface area (Å²) in [6, 6.07) is 0.0684. The van der Waals surface area contributed by atoms with Crippen LogP contribution in [-0.4, -0.2) is 46.8 Å². The van der Waals surface area contributed by atoms with Crippen molar-refractivity contribution in [2.45, 2.75) is 123 Å². The van der Waals surface area contributed by atoms with E-state index in [1.54, 1.807) is 4.90 Å². The molecule has 29 heavy (non-hydrogen) atoms. The Morgan fingerprint density at radius 1 is 0.931 bits per heavy atom. The van der Waals surface area contributed by atoms with Crippen molar-refractivity contribution in [1.82, 2.24) is 9.80 Å². The van der Waals surface area contributed by atoms with Gasteiger partial charge in [0.05, 0.1) is 0 Å². The van der Waals surface area contributed by atoms with E-state index in [2.05, 4.69) is 39.6 Å². The van der Waals surface area contributed by atoms with Gasteiger partial charge < -0.3 is 4.90 Å². The van der Waals surface area contributed by atoms with E-state index in [-0.39, 0.29) is 29.3 Å². The van der Waals surface area contributed by atoms with Crippen LogP contribution in [0.4, 0.5) is 0 Å². The summed E-state index contributed by atoms with van der Waals surface area (Å²) in [5, 5.41) is 0. The number of unbranched alkanes of at least 4 members (excludes halogenated alkanes) is 9. The highest BCUT2D eigenvalue weighted by Gasteiger charge is 2.49. The highest BCUT2D eigenvalue weighted by molar-refractivity contribution is 6.03. The minimum absolute atomic E-state index is 0.0120. The topological polar surface area (TPSA) is 40.6 Å². The van der Waals surface area contributed by atoms with Gasteiger partial charge in [-0.2, -0.15) is 0 Å². The van der Waals surface area contributed by atoms with Crippen molar-refractivity contribution in [1.29, 1.82) is 0 Å². The van der Waals surface area contributed by atoms with E-state index in [0.29, 0.717) is 12.3 Å². The van der Waals surface area contributed by atoms with Crippen molar-refractivity contribution in [2.75, 3.05) is 13.6 Å². The first-order chi connectivity index (χ1) is 13.8. The van der Waals surface area contributed by atoms with E-state index in [1.807, 2.05) is 0 Å². The molecule has 2 saturated heterocycles. The monoisotopic (exact) mass is 406 g/mol. The smallest absolute Gasteiger partial charge is 0.233 e. The lowest BCUT2D eigenvalue weighted by molar-refractivity contribution is -0.147. The third-order valence-electron chi connectivity index (χ3n) is 7.95. The number of hydrogen-bond acceptors (Lipinski definition) is 3. The predicted octanol–water partition coefficient (Wildman–Crippen LogP) is 5.79. The Kier molecular flexibility index (Phi) is 9.65. The number of hydrogen-bond donors (Lipinski definition) is 0. The average Bonchev–Trinajstić information content (AvgIpc) is 2.96. The Morgan fingerprint density at radius 3 is 2.07 bits per heavy atom. The number of likely N-dealkylation sites (tertiary alicyclic amines) is 2. The summed E-state index contributed by atoms with van der Waals surface area (Å²) < 4.78 is 0. The lowest BCUT2D eigenvalue weighted by Gasteiger charge is -2.50. The molecule has 0 aliphatic carbocycles. The zero-order chi connectivity index (χ0) is 21.4. The molecule has 3 unspecified atom stereocenters. The summed E-state index contributed by atoms with van der Waals surface area (Å²) in [4.78, 5) is 29.8. The van der Waals surface area contributed by atoms with Crippen molar-refractivity contribution < 1.29 is 9.59 Å². The third-order valence-corrected chi connectivity index (χ3v) is 7.95. The molecule has 0 aromatic carbocycles. The molecule has 2 fully saturated rings. The number of amides is 2. The maximum atomic E-state index is 13.0. The van der Waals surface area contributed by atoms with E-state index in [4.69, 9.17) is 0 Å². The van der Waals surface area contributed by atoms with Gasteiger partial charge >= 0.3 is 0 Å². The summed E-state index contributed by atoms with van der Waals surface area (Å²) in [6.07, 6.45) is 15.3. The minimum Gasteiger partial charge on any atom is -0.301 e. The average molecular weight is 407 g/mol. The molecule has 4 nitrogen and oxygen atoms in total. The predicted molar refractivity (Wildman–Crippen MR) is 121 cm³/mol. The van der Waals surface area contributed by atoms with Gasteiger partial charge in [-0.05, 0) is 39.7 Å². The number of imide groups is 1. The van der Waals surface area contributed by atoms with Gasteiger partial charge in [0.1, 0.15) is 0 Å². The van der Waals surface area contributed by atoms with Crippen LogP contribution in [0.3, 0.4) is 0 Å². The minimum atomic E-state index is -0.0634. The van der Waals surface area contributed by atoms with Gasteiger partial charge in [0.25, 0.3) is 0 Å². The fourth-order valence-electron chi connectivity index (χ4n) is 5.20. The lowest BCUT2D eigenvalue weighted by Crippen LogP contribution is -2.60. The zero-order valence-corrected chi connectivity index (χ0v) is 19.8. The van der Waals surface area contributed by atoms with Crippen LogP contribution in [0, 0.1) is 11.8 Å². The summed E-state index contributed by atoms with van der Waals surface area (Å²) >= 11 is 0. The first-order valence-electron chi connectivity index (χ1n) is 12.4. The second-order valence-corrected chi connectivity index (χ2v) is 10.2. The van der Waals surface area contributed by atoms with E-state index < -0.39 is 0 Å². The maximum absolute atomic E-state index is 13.0. The Labute approximate surface area is 179 Å². The molecular formula is C25H46N2O2. The fraction of sp³-hybridized carbons (Fsp3) is 0.920. The highest BCUT2D eigenvalue weighted by atomic mass is 16.2. The van der Waals surface area contributed by atoms with Crippen LogP contribution in [0.2, 0.25) is 0 Å². The molecular weight excluding hydrogens is 360 g/mol. The molecule has 4 heteroatoms. The largest absolute Gasteiger partial charge is 0.301 e. The van der Waals surface area contributed by atoms with Crippen LogP contribution in [0.5, 0.6) is 0 Å². The van der Waals surface area contributed by atoms with Gasteiger partial charge in [0.15, 0.2) is 0 Å². The number of carbonyl (C=O) groups is 2. The van der Waals surface area contributed by atoms with Crippen LogP contribution in [0.25, 0.3) is 0 Å². The number of nitrogens with zero attached hydrogens (tertiary/aromatic N) is 2. The molecule has 2 amide bonds. The summed E-state index contributed by atoms with van der Waals surface area (Å²) in [5.41, 5.74) is 0.0120. The van der Waals surface area contributed by atoms with Crippen LogP contribution in [0.15, 0.2) is 0 Å². The van der Waals surface area contributed by atoms with Crippen LogP contribution in [-0.2, 0) is 9.59 Å². The molecule has 2 aliphatic rings. The number of rotatable bonds is 12. The van der Waals surface area contributed by atoms with Crippen molar-refractivity contribution >= 4 is 11.8 Å². The van der Waals surface area contributed by atoms with Gasteiger partial charge in [-0.3, -0.25) is 14.5 Å². The molecule has 168 valence electrons. The Bertz CT molecular complexity index is 531. The van der Waals surface area contributed by atoms with Crippen molar-refractivity contribution in [3.63, 3.8) is 0 Å².